The summed E-state index contributed by atoms with van der Waals surface area (Å²) in [6, 6.07) is -3.06. The van der Waals surface area contributed by atoms with Crippen molar-refractivity contribution in [2.24, 2.45) is 0 Å². The van der Waals surface area contributed by atoms with Gasteiger partial charge in [0.2, 0.25) is 35.4 Å². The maximum Gasteiger partial charge on any atom is 0.222 e. The second-order valence-corrected chi connectivity index (χ2v) is 22.8. The second-order valence-electron chi connectivity index (χ2n) is 22.2. The Labute approximate surface area is 519 Å². The van der Waals surface area contributed by atoms with E-state index in [1.165, 1.54) is 32.7 Å². The Morgan fingerprint density at radius 2 is 0.682 bits per heavy atom. The molecule has 3 saturated heterocycles. The predicted octanol–water partition coefficient (Wildman–Crippen LogP) is -4.28. The van der Waals surface area contributed by atoms with E-state index in [2.05, 4.69) is 36.6 Å². The first-order valence-electron chi connectivity index (χ1n) is 30.6. The van der Waals surface area contributed by atoms with Crippen molar-refractivity contribution in [2.45, 2.75) is 215 Å². The van der Waals surface area contributed by atoms with Crippen molar-refractivity contribution < 1.29 is 117 Å². The Morgan fingerprint density at radius 1 is 0.409 bits per heavy atom. The molecule has 32 heteroatoms. The van der Waals surface area contributed by atoms with Crippen molar-refractivity contribution in [3.63, 3.8) is 0 Å². The standard InChI is InChI=1S/C56H103N7O24S/c1-35(67)60-44-50(76)47(73)38(29-64)85-53(44)82-23-14-8-5-11-20-57-41(70)17-26-79-32-56(63-88-4,33-80-27-18-42(71)58-21-12-6-9-15-24-83-54-45(61-36(2)68)51(77)48(74)39(30-65)86-54)34-81-28-19-43(72)59-22-13-7-10-16-25-84-55-46(62-37(3)69)52(78)49(75)40(31-66)87-55/h38-40,44-55,63-66,73-78H,5-34H2,1-4H3,(H,57,70)(H,58,71)(H,59,72)(H,60,67)(H,61,68)(H,62,69)/t38-,39-,40-,44-,45-,46-,47+,48+,49+,50-,51-,52-,53-,54-,55-/m1/s1. The van der Waals surface area contributed by atoms with Gasteiger partial charge < -0.3 is 120 Å². The van der Waals surface area contributed by atoms with Crippen LogP contribution in [0.2, 0.25) is 0 Å². The molecule has 6 amide bonds. The first-order chi connectivity index (χ1) is 42.2. The highest BCUT2D eigenvalue weighted by Crippen LogP contribution is 2.26. The highest BCUT2D eigenvalue weighted by atomic mass is 32.2. The molecule has 0 radical (unpaired) electrons. The number of nitrogens with one attached hydrogen (secondary N) is 7. The Morgan fingerprint density at radius 3 is 0.932 bits per heavy atom. The molecule has 0 spiro atoms. The van der Waals surface area contributed by atoms with Crippen molar-refractivity contribution in [1.82, 2.24) is 36.6 Å². The molecule has 0 saturated carbocycles. The lowest BCUT2D eigenvalue weighted by Gasteiger charge is -2.42. The number of aliphatic hydroxyl groups excluding tert-OH is 9. The van der Waals surface area contributed by atoms with Gasteiger partial charge in [-0.05, 0) is 44.8 Å². The van der Waals surface area contributed by atoms with Crippen molar-refractivity contribution in [3.8, 4) is 0 Å². The molecule has 512 valence electrons. The Bertz CT molecular complexity index is 1770. The third-order valence-corrected chi connectivity index (χ3v) is 15.3. The fourth-order valence-electron chi connectivity index (χ4n) is 9.85. The van der Waals surface area contributed by atoms with E-state index >= 15 is 0 Å². The monoisotopic (exact) mass is 1290 g/mol. The summed E-state index contributed by atoms with van der Waals surface area (Å²) in [5, 5.41) is 107. The first kappa shape index (κ1) is 78.7. The summed E-state index contributed by atoms with van der Waals surface area (Å²) < 4.78 is 55.5. The number of ether oxygens (including phenoxy) is 9. The van der Waals surface area contributed by atoms with Gasteiger partial charge in [-0.15, -0.1) is 0 Å². The van der Waals surface area contributed by atoms with Crippen LogP contribution < -0.4 is 36.6 Å². The van der Waals surface area contributed by atoms with E-state index in [0.717, 1.165) is 38.5 Å². The zero-order valence-corrected chi connectivity index (χ0v) is 52.2. The van der Waals surface area contributed by atoms with Crippen molar-refractivity contribution in [3.05, 3.63) is 0 Å². The van der Waals surface area contributed by atoms with Gasteiger partial charge in [0.15, 0.2) is 18.9 Å². The van der Waals surface area contributed by atoms with Crippen molar-refractivity contribution in [1.29, 1.82) is 0 Å². The fourth-order valence-corrected chi connectivity index (χ4v) is 10.5. The lowest BCUT2D eigenvalue weighted by atomic mass is 9.97. The van der Waals surface area contributed by atoms with Gasteiger partial charge in [-0.3, -0.25) is 33.5 Å². The van der Waals surface area contributed by atoms with Crippen LogP contribution in [0.5, 0.6) is 0 Å². The topological polar surface area (TPSA) is 452 Å². The average molecular weight is 1290 g/mol. The molecule has 3 aliphatic heterocycles. The minimum Gasteiger partial charge on any atom is -0.394 e. The minimum absolute atomic E-state index is 0.0466. The molecule has 88 heavy (non-hydrogen) atoms. The molecule has 31 nitrogen and oxygen atoms in total. The number of unbranched alkanes of at least 4 members (excludes halogenated alkanes) is 9. The van der Waals surface area contributed by atoms with E-state index in [-0.39, 0.29) is 96.4 Å². The quantitative estimate of drug-likeness (QED) is 0.0203. The Hall–Kier alpha value is -3.59. The molecule has 3 fully saturated rings. The van der Waals surface area contributed by atoms with Crippen LogP contribution >= 0.6 is 11.9 Å². The summed E-state index contributed by atoms with van der Waals surface area (Å²) in [6.07, 6.45) is -4.47. The SMILES string of the molecule is CSNC(COCCC(=O)NCCCCCCO[C@@H]1O[C@H](CO)[C@H](O)[C@H](O)[C@H]1NC(C)=O)(COCCC(=O)NCCCCCCO[C@@H]1O[C@H](CO)[C@H](O)[C@H](O)[C@H]1NC(C)=O)COCCC(=O)NCCCCCCO[C@@H]1O[C@H](CO)[C@H](O)[C@H](O)[C@H]1NC(C)=O. The maximum atomic E-state index is 12.8. The molecule has 0 aliphatic carbocycles. The highest BCUT2D eigenvalue weighted by molar-refractivity contribution is 7.96. The molecular weight excluding hydrogens is 1190 g/mol. The van der Waals surface area contributed by atoms with Crippen molar-refractivity contribution >= 4 is 47.4 Å². The van der Waals surface area contributed by atoms with E-state index in [0.29, 0.717) is 58.2 Å². The molecule has 0 unspecified atom stereocenters. The van der Waals surface area contributed by atoms with Gasteiger partial charge in [0.1, 0.15) is 73.1 Å². The van der Waals surface area contributed by atoms with Gasteiger partial charge in [0.25, 0.3) is 0 Å². The van der Waals surface area contributed by atoms with E-state index in [1.54, 1.807) is 0 Å². The van der Waals surface area contributed by atoms with Crippen LogP contribution in [0.3, 0.4) is 0 Å². The van der Waals surface area contributed by atoms with Crippen LogP contribution in [-0.2, 0) is 71.4 Å². The maximum absolute atomic E-state index is 12.8. The summed E-state index contributed by atoms with van der Waals surface area (Å²) in [5.74, 6) is -1.99. The van der Waals surface area contributed by atoms with Crippen LogP contribution in [0.4, 0.5) is 0 Å². The summed E-state index contributed by atoms with van der Waals surface area (Å²) in [5.41, 5.74) is -0.958. The third-order valence-electron chi connectivity index (χ3n) is 14.7. The molecule has 3 heterocycles. The van der Waals surface area contributed by atoms with E-state index < -0.39 is 135 Å². The summed E-state index contributed by atoms with van der Waals surface area (Å²) in [6.45, 7) is 4.44. The second kappa shape index (κ2) is 44.8. The van der Waals surface area contributed by atoms with Crippen LogP contribution in [0.25, 0.3) is 0 Å². The van der Waals surface area contributed by atoms with Crippen LogP contribution in [0.1, 0.15) is 117 Å². The molecule has 16 N–H and O–H groups in total. The van der Waals surface area contributed by atoms with Crippen LogP contribution in [0.15, 0.2) is 0 Å². The average Bonchev–Trinajstić information content (AvgIpc) is 3.48. The molecule has 0 aromatic carbocycles. The predicted molar refractivity (Wildman–Crippen MR) is 314 cm³/mol. The third kappa shape index (κ3) is 29.8. The zero-order chi connectivity index (χ0) is 64.9. The molecule has 0 aromatic heterocycles. The molecule has 0 aromatic rings. The van der Waals surface area contributed by atoms with Gasteiger partial charge >= 0.3 is 0 Å². The van der Waals surface area contributed by atoms with E-state index in [4.69, 9.17) is 42.6 Å². The summed E-state index contributed by atoms with van der Waals surface area (Å²) in [7, 11) is 0. The number of amides is 6. The normalized spacial score (nSPS) is 27.3. The van der Waals surface area contributed by atoms with E-state index in [9.17, 15) is 74.7 Å². The zero-order valence-electron chi connectivity index (χ0n) is 51.4. The molecular formula is C56H103N7O24S. The number of hydrogen-bond acceptors (Lipinski definition) is 26. The number of hydrogen-bond donors (Lipinski definition) is 16. The highest BCUT2D eigenvalue weighted by Gasteiger charge is 2.48. The number of carbonyl (C=O) groups excluding carboxylic acids is 6. The number of rotatable bonds is 47. The van der Waals surface area contributed by atoms with Gasteiger partial charge in [-0.2, -0.15) is 0 Å². The van der Waals surface area contributed by atoms with Gasteiger partial charge in [-0.1, -0.05) is 50.5 Å². The summed E-state index contributed by atoms with van der Waals surface area (Å²) in [4.78, 5) is 73.4. The van der Waals surface area contributed by atoms with Crippen molar-refractivity contribution in [2.75, 3.05) is 105 Å². The number of aliphatic hydroxyl groups is 9. The molecule has 15 atom stereocenters. The fraction of sp³-hybridized carbons (Fsp3) is 0.893. The largest absolute Gasteiger partial charge is 0.394 e. The lowest BCUT2D eigenvalue weighted by Crippen LogP contribution is -2.64. The molecule has 0 bridgehead atoms. The van der Waals surface area contributed by atoms with Crippen LogP contribution in [0, 0.1) is 0 Å². The lowest BCUT2D eigenvalue weighted by molar-refractivity contribution is -0.270. The van der Waals surface area contributed by atoms with Crippen LogP contribution in [-0.4, -0.2) is 284 Å². The molecule has 3 aliphatic rings. The molecule has 3 rings (SSSR count). The first-order valence-corrected chi connectivity index (χ1v) is 31.8. The Kier molecular flexibility index (Phi) is 40.1. The van der Waals surface area contributed by atoms with Gasteiger partial charge in [0, 0.05) is 79.5 Å². The van der Waals surface area contributed by atoms with Gasteiger partial charge in [0.05, 0.1) is 65.0 Å². The Balaban J connectivity index is 1.40. The van der Waals surface area contributed by atoms with Gasteiger partial charge in [-0.25, -0.2) is 0 Å². The smallest absolute Gasteiger partial charge is 0.222 e. The minimum atomic E-state index is -1.41. The summed E-state index contributed by atoms with van der Waals surface area (Å²) >= 11 is 1.29. The number of carbonyl (C=O) groups is 6. The van der Waals surface area contributed by atoms with E-state index in [1.807, 2.05) is 6.26 Å².